The molecule has 2 heteroatoms. The van der Waals surface area contributed by atoms with Crippen LogP contribution < -0.4 is 5.32 Å². The molecular formula is C18H25NO. The van der Waals surface area contributed by atoms with Crippen LogP contribution in [0.15, 0.2) is 24.3 Å². The van der Waals surface area contributed by atoms with Crippen molar-refractivity contribution in [2.24, 2.45) is 11.8 Å². The van der Waals surface area contributed by atoms with E-state index in [1.165, 1.54) is 56.2 Å². The van der Waals surface area contributed by atoms with Gasteiger partial charge in [0.2, 0.25) is 0 Å². The van der Waals surface area contributed by atoms with Crippen LogP contribution in [0.25, 0.3) is 0 Å². The van der Waals surface area contributed by atoms with Crippen LogP contribution in [-0.4, -0.2) is 12.6 Å². The number of hydrogen-bond donors (Lipinski definition) is 1. The van der Waals surface area contributed by atoms with Crippen molar-refractivity contribution in [1.82, 2.24) is 0 Å². The Morgan fingerprint density at radius 1 is 0.950 bits per heavy atom. The van der Waals surface area contributed by atoms with Gasteiger partial charge < -0.3 is 10.1 Å². The van der Waals surface area contributed by atoms with Crippen LogP contribution in [0, 0.1) is 11.8 Å². The lowest BCUT2D eigenvalue weighted by Gasteiger charge is -2.47. The molecule has 0 radical (unpaired) electrons. The molecule has 2 fully saturated rings. The summed E-state index contributed by atoms with van der Waals surface area (Å²) in [5, 5.41) is 3.89. The lowest BCUT2D eigenvalue weighted by atomic mass is 9.71. The summed E-state index contributed by atoms with van der Waals surface area (Å²) in [4.78, 5) is 0. The molecule has 0 bridgehead atoms. The van der Waals surface area contributed by atoms with Gasteiger partial charge in [-0.15, -0.1) is 0 Å². The van der Waals surface area contributed by atoms with E-state index in [-0.39, 0.29) is 0 Å². The van der Waals surface area contributed by atoms with E-state index in [9.17, 15) is 0 Å². The third kappa shape index (κ3) is 2.14. The molecule has 2 nitrogen and oxygen atoms in total. The van der Waals surface area contributed by atoms with Gasteiger partial charge in [-0.3, -0.25) is 0 Å². The molecule has 0 amide bonds. The van der Waals surface area contributed by atoms with Crippen molar-refractivity contribution in [3.63, 3.8) is 0 Å². The molecule has 1 aromatic rings. The highest BCUT2D eigenvalue weighted by Gasteiger charge is 2.42. The van der Waals surface area contributed by atoms with E-state index in [4.69, 9.17) is 4.74 Å². The van der Waals surface area contributed by atoms with Crippen molar-refractivity contribution in [2.45, 2.75) is 57.1 Å². The number of para-hydroxylation sites is 1. The summed E-state index contributed by atoms with van der Waals surface area (Å²) in [5.74, 6) is 1.54. The van der Waals surface area contributed by atoms with Crippen LogP contribution in [0.3, 0.4) is 0 Å². The van der Waals surface area contributed by atoms with Crippen molar-refractivity contribution >= 4 is 5.69 Å². The Hall–Kier alpha value is -1.02. The number of nitrogens with one attached hydrogen (secondary N) is 1. The van der Waals surface area contributed by atoms with Crippen molar-refractivity contribution < 1.29 is 4.74 Å². The maximum Gasteiger partial charge on any atom is 0.0892 e. The van der Waals surface area contributed by atoms with E-state index in [2.05, 4.69) is 29.6 Å². The quantitative estimate of drug-likeness (QED) is 0.810. The SMILES string of the molecule is c1ccc2c(c1)NC(C1CCCCC1)C1CCCOC21. The maximum atomic E-state index is 6.19. The molecule has 4 rings (SSSR count). The average Bonchev–Trinajstić information content (AvgIpc) is 2.55. The molecule has 20 heavy (non-hydrogen) atoms. The average molecular weight is 271 g/mol. The summed E-state index contributed by atoms with van der Waals surface area (Å²) in [7, 11) is 0. The summed E-state index contributed by atoms with van der Waals surface area (Å²) in [6.45, 7) is 0.937. The number of anilines is 1. The lowest BCUT2D eigenvalue weighted by Crippen LogP contribution is -2.46. The minimum absolute atomic E-state index is 0.341. The van der Waals surface area contributed by atoms with Crippen LogP contribution in [-0.2, 0) is 4.74 Å². The summed E-state index contributed by atoms with van der Waals surface area (Å²) >= 11 is 0. The van der Waals surface area contributed by atoms with Gasteiger partial charge >= 0.3 is 0 Å². The fourth-order valence-corrected chi connectivity index (χ4v) is 4.62. The third-order valence-corrected chi connectivity index (χ3v) is 5.58. The van der Waals surface area contributed by atoms with Gasteiger partial charge in [0.15, 0.2) is 0 Å². The Labute approximate surface area is 121 Å². The normalized spacial score (nSPS) is 33.9. The van der Waals surface area contributed by atoms with Crippen LogP contribution in [0.5, 0.6) is 0 Å². The Balaban J connectivity index is 1.66. The van der Waals surface area contributed by atoms with E-state index < -0.39 is 0 Å². The number of benzene rings is 1. The first-order valence-electron chi connectivity index (χ1n) is 8.40. The second-order valence-corrected chi connectivity index (χ2v) is 6.75. The van der Waals surface area contributed by atoms with Crippen LogP contribution >= 0.6 is 0 Å². The topological polar surface area (TPSA) is 21.3 Å². The van der Waals surface area contributed by atoms with Gasteiger partial charge in [0, 0.05) is 29.8 Å². The molecule has 3 atom stereocenters. The molecule has 2 aliphatic heterocycles. The Bertz CT molecular complexity index is 466. The number of ether oxygens (including phenoxy) is 1. The zero-order valence-electron chi connectivity index (χ0n) is 12.2. The molecular weight excluding hydrogens is 246 g/mol. The first-order valence-corrected chi connectivity index (χ1v) is 8.40. The first kappa shape index (κ1) is 12.7. The molecule has 1 aliphatic carbocycles. The minimum atomic E-state index is 0.341. The van der Waals surface area contributed by atoms with Crippen molar-refractivity contribution in [2.75, 3.05) is 11.9 Å². The van der Waals surface area contributed by atoms with Crippen LogP contribution in [0.1, 0.15) is 56.6 Å². The van der Waals surface area contributed by atoms with Crippen molar-refractivity contribution in [3.05, 3.63) is 29.8 Å². The molecule has 0 spiro atoms. The molecule has 108 valence electrons. The monoisotopic (exact) mass is 271 g/mol. The van der Waals surface area contributed by atoms with Gasteiger partial charge in [-0.25, -0.2) is 0 Å². The predicted octanol–water partition coefficient (Wildman–Crippen LogP) is 4.53. The Kier molecular flexibility index (Phi) is 3.43. The number of fused-ring (bicyclic) bond motifs is 3. The largest absolute Gasteiger partial charge is 0.381 e. The van der Waals surface area contributed by atoms with Gasteiger partial charge in [-0.05, 0) is 37.7 Å². The fourth-order valence-electron chi connectivity index (χ4n) is 4.62. The fraction of sp³-hybridized carbons (Fsp3) is 0.667. The Morgan fingerprint density at radius 3 is 2.70 bits per heavy atom. The molecule has 3 unspecified atom stereocenters. The standard InChI is InChI=1S/C18H25NO/c1-2-7-13(8-3-1)17-15-10-6-12-20-18(15)14-9-4-5-11-16(14)19-17/h4-5,9,11,13,15,17-19H,1-3,6-8,10,12H2. The van der Waals surface area contributed by atoms with Gasteiger partial charge in [-0.2, -0.15) is 0 Å². The second kappa shape index (κ2) is 5.40. The second-order valence-electron chi connectivity index (χ2n) is 6.75. The summed E-state index contributed by atoms with van der Waals surface area (Å²) in [5.41, 5.74) is 2.72. The molecule has 1 saturated heterocycles. The van der Waals surface area contributed by atoms with Crippen molar-refractivity contribution in [3.8, 4) is 0 Å². The highest BCUT2D eigenvalue weighted by atomic mass is 16.5. The van der Waals surface area contributed by atoms with Crippen LogP contribution in [0.4, 0.5) is 5.69 Å². The number of rotatable bonds is 1. The molecule has 2 heterocycles. The summed E-state index contributed by atoms with van der Waals surface area (Å²) in [6, 6.07) is 9.42. The van der Waals surface area contributed by atoms with E-state index in [1.807, 2.05) is 0 Å². The Morgan fingerprint density at radius 2 is 1.80 bits per heavy atom. The van der Waals surface area contributed by atoms with Crippen LogP contribution in [0.2, 0.25) is 0 Å². The molecule has 3 aliphatic rings. The maximum absolute atomic E-state index is 6.19. The van der Waals surface area contributed by atoms with Gasteiger partial charge in [0.05, 0.1) is 6.10 Å². The summed E-state index contributed by atoms with van der Waals surface area (Å²) in [6.07, 6.45) is 9.98. The van der Waals surface area contributed by atoms with Crippen molar-refractivity contribution in [1.29, 1.82) is 0 Å². The predicted molar refractivity (Wildman–Crippen MR) is 81.8 cm³/mol. The molecule has 1 saturated carbocycles. The van der Waals surface area contributed by atoms with Gasteiger partial charge in [0.25, 0.3) is 0 Å². The number of hydrogen-bond acceptors (Lipinski definition) is 2. The minimum Gasteiger partial charge on any atom is -0.381 e. The summed E-state index contributed by atoms with van der Waals surface area (Å²) < 4.78 is 6.19. The molecule has 0 aromatic heterocycles. The molecule has 1 N–H and O–H groups in total. The zero-order valence-corrected chi connectivity index (χ0v) is 12.2. The van der Waals surface area contributed by atoms with E-state index in [0.717, 1.165) is 12.5 Å². The van der Waals surface area contributed by atoms with E-state index in [1.54, 1.807) is 0 Å². The van der Waals surface area contributed by atoms with E-state index >= 15 is 0 Å². The highest BCUT2D eigenvalue weighted by Crippen LogP contribution is 2.47. The smallest absolute Gasteiger partial charge is 0.0892 e. The lowest BCUT2D eigenvalue weighted by molar-refractivity contribution is -0.0458. The van der Waals surface area contributed by atoms with Gasteiger partial charge in [0.1, 0.15) is 0 Å². The molecule has 1 aromatic carbocycles. The zero-order chi connectivity index (χ0) is 13.4. The first-order chi connectivity index (χ1) is 9.93. The van der Waals surface area contributed by atoms with E-state index in [0.29, 0.717) is 18.1 Å². The third-order valence-electron chi connectivity index (χ3n) is 5.58. The van der Waals surface area contributed by atoms with Gasteiger partial charge in [-0.1, -0.05) is 37.5 Å². The highest BCUT2D eigenvalue weighted by molar-refractivity contribution is 5.56.